The highest BCUT2D eigenvalue weighted by Crippen LogP contribution is 2.00. The predicted octanol–water partition coefficient (Wildman–Crippen LogP) is 1.37. The van der Waals surface area contributed by atoms with E-state index in [-0.39, 0.29) is 5.91 Å². The van der Waals surface area contributed by atoms with E-state index in [1.807, 2.05) is 62.3 Å². The highest BCUT2D eigenvalue weighted by atomic mass is 16.2. The quantitative estimate of drug-likeness (QED) is 0.642. The van der Waals surface area contributed by atoms with Crippen molar-refractivity contribution in [2.45, 2.75) is 0 Å². The van der Waals surface area contributed by atoms with Gasteiger partial charge < -0.3 is 9.80 Å². The molecule has 0 saturated heterocycles. The SMILES string of the molecule is CN(C)C(=C/C=N/NC(=O)c1ccccc1)N(C)C. The minimum atomic E-state index is -0.221. The van der Waals surface area contributed by atoms with Crippen LogP contribution in [0.1, 0.15) is 10.4 Å². The van der Waals surface area contributed by atoms with Crippen LogP contribution in [0.4, 0.5) is 0 Å². The average molecular weight is 260 g/mol. The average Bonchev–Trinajstić information content (AvgIpc) is 2.38. The summed E-state index contributed by atoms with van der Waals surface area (Å²) in [5.74, 6) is 0.763. The number of hydrogen-bond donors (Lipinski definition) is 1. The van der Waals surface area contributed by atoms with Gasteiger partial charge in [0.1, 0.15) is 5.82 Å². The molecule has 102 valence electrons. The molecule has 0 aliphatic carbocycles. The third kappa shape index (κ3) is 4.83. The fourth-order valence-corrected chi connectivity index (χ4v) is 1.55. The van der Waals surface area contributed by atoms with Crippen molar-refractivity contribution in [3.8, 4) is 0 Å². The number of allylic oxidation sites excluding steroid dienone is 1. The molecule has 0 atom stereocenters. The molecule has 1 amide bonds. The van der Waals surface area contributed by atoms with Gasteiger partial charge in [-0.25, -0.2) is 5.43 Å². The Labute approximate surface area is 114 Å². The molecule has 0 unspecified atom stereocenters. The van der Waals surface area contributed by atoms with Crippen molar-refractivity contribution < 1.29 is 4.79 Å². The molecular weight excluding hydrogens is 240 g/mol. The first-order valence-corrected chi connectivity index (χ1v) is 5.95. The molecule has 0 fully saturated rings. The number of rotatable bonds is 5. The maximum Gasteiger partial charge on any atom is 0.271 e. The number of benzene rings is 1. The maximum absolute atomic E-state index is 11.7. The van der Waals surface area contributed by atoms with E-state index in [9.17, 15) is 4.79 Å². The van der Waals surface area contributed by atoms with E-state index in [0.717, 1.165) is 5.82 Å². The summed E-state index contributed by atoms with van der Waals surface area (Å²) in [6.07, 6.45) is 3.39. The van der Waals surface area contributed by atoms with E-state index in [1.165, 1.54) is 0 Å². The lowest BCUT2D eigenvalue weighted by atomic mass is 10.2. The molecule has 19 heavy (non-hydrogen) atoms. The van der Waals surface area contributed by atoms with Crippen molar-refractivity contribution in [3.05, 3.63) is 47.8 Å². The van der Waals surface area contributed by atoms with Gasteiger partial charge in [0.15, 0.2) is 0 Å². The Balaban J connectivity index is 2.59. The normalized spacial score (nSPS) is 10.1. The zero-order chi connectivity index (χ0) is 14.3. The first-order valence-electron chi connectivity index (χ1n) is 5.95. The van der Waals surface area contributed by atoms with E-state index < -0.39 is 0 Å². The maximum atomic E-state index is 11.7. The van der Waals surface area contributed by atoms with E-state index in [0.29, 0.717) is 5.56 Å². The van der Waals surface area contributed by atoms with E-state index >= 15 is 0 Å². The summed E-state index contributed by atoms with van der Waals surface area (Å²) in [4.78, 5) is 15.6. The number of nitrogens with one attached hydrogen (secondary N) is 1. The molecule has 1 N–H and O–H groups in total. The van der Waals surface area contributed by atoms with Crippen LogP contribution in [0.5, 0.6) is 0 Å². The third-order valence-corrected chi connectivity index (χ3v) is 2.42. The highest BCUT2D eigenvalue weighted by Gasteiger charge is 2.02. The molecule has 0 bridgehead atoms. The molecule has 1 aromatic rings. The van der Waals surface area contributed by atoms with Gasteiger partial charge in [-0.05, 0) is 18.2 Å². The van der Waals surface area contributed by atoms with Crippen LogP contribution in [-0.2, 0) is 0 Å². The van der Waals surface area contributed by atoms with Crippen molar-refractivity contribution in [2.75, 3.05) is 28.2 Å². The minimum Gasteiger partial charge on any atom is -0.364 e. The molecule has 0 aromatic heterocycles. The molecule has 5 nitrogen and oxygen atoms in total. The molecule has 0 radical (unpaired) electrons. The van der Waals surface area contributed by atoms with E-state index in [4.69, 9.17) is 0 Å². The van der Waals surface area contributed by atoms with Crippen LogP contribution >= 0.6 is 0 Å². The summed E-state index contributed by atoms with van der Waals surface area (Å²) in [5, 5.41) is 3.90. The Bertz CT molecular complexity index is 454. The molecular formula is C14H20N4O. The summed E-state index contributed by atoms with van der Waals surface area (Å²) >= 11 is 0. The largest absolute Gasteiger partial charge is 0.364 e. The summed E-state index contributed by atoms with van der Waals surface area (Å²) < 4.78 is 0. The van der Waals surface area contributed by atoms with Crippen LogP contribution in [0, 0.1) is 0 Å². The van der Waals surface area contributed by atoms with Crippen LogP contribution in [0.2, 0.25) is 0 Å². The van der Waals surface area contributed by atoms with Gasteiger partial charge in [-0.3, -0.25) is 4.79 Å². The van der Waals surface area contributed by atoms with Crippen LogP contribution in [0.15, 0.2) is 47.3 Å². The lowest BCUT2D eigenvalue weighted by Gasteiger charge is -2.23. The lowest BCUT2D eigenvalue weighted by molar-refractivity contribution is 0.0955. The second-order valence-corrected chi connectivity index (χ2v) is 4.40. The smallest absolute Gasteiger partial charge is 0.271 e. The van der Waals surface area contributed by atoms with Crippen molar-refractivity contribution >= 4 is 12.1 Å². The summed E-state index contributed by atoms with van der Waals surface area (Å²) in [7, 11) is 7.79. The number of hydrogen-bond acceptors (Lipinski definition) is 4. The fourth-order valence-electron chi connectivity index (χ4n) is 1.55. The molecule has 5 heteroatoms. The number of amides is 1. The predicted molar refractivity (Wildman–Crippen MR) is 77.9 cm³/mol. The van der Waals surface area contributed by atoms with Gasteiger partial charge in [0.05, 0.1) is 6.21 Å². The topological polar surface area (TPSA) is 47.9 Å². The number of carbonyl (C=O) groups is 1. The zero-order valence-electron chi connectivity index (χ0n) is 11.8. The highest BCUT2D eigenvalue weighted by molar-refractivity contribution is 5.94. The number of hydrazone groups is 1. The third-order valence-electron chi connectivity index (χ3n) is 2.42. The van der Waals surface area contributed by atoms with Crippen molar-refractivity contribution in [1.29, 1.82) is 0 Å². The molecule has 0 saturated carbocycles. The van der Waals surface area contributed by atoms with Crippen LogP contribution in [-0.4, -0.2) is 50.1 Å². The van der Waals surface area contributed by atoms with E-state index in [2.05, 4.69) is 10.5 Å². The van der Waals surface area contributed by atoms with Gasteiger partial charge in [-0.15, -0.1) is 0 Å². The standard InChI is InChI=1S/C14H20N4O/c1-17(2)13(18(3)4)10-11-15-16-14(19)12-8-6-5-7-9-12/h5-11H,1-4H3,(H,16,19)/b15-11+. The molecule has 0 aliphatic heterocycles. The fraction of sp³-hybridized carbons (Fsp3) is 0.286. The Morgan fingerprint density at radius 1 is 1.11 bits per heavy atom. The number of nitrogens with zero attached hydrogens (tertiary/aromatic N) is 3. The van der Waals surface area contributed by atoms with Crippen molar-refractivity contribution in [3.63, 3.8) is 0 Å². The lowest BCUT2D eigenvalue weighted by Crippen LogP contribution is -2.24. The van der Waals surface area contributed by atoms with Gasteiger partial charge >= 0.3 is 0 Å². The van der Waals surface area contributed by atoms with Gasteiger partial charge in [-0.1, -0.05) is 18.2 Å². The van der Waals surface area contributed by atoms with Gasteiger partial charge in [0.2, 0.25) is 0 Å². The molecule has 1 rings (SSSR count). The number of carbonyl (C=O) groups excluding carboxylic acids is 1. The summed E-state index contributed by atoms with van der Waals surface area (Å²) in [6, 6.07) is 8.98. The molecule has 0 heterocycles. The summed E-state index contributed by atoms with van der Waals surface area (Å²) in [6.45, 7) is 0. The van der Waals surface area contributed by atoms with E-state index in [1.54, 1.807) is 18.3 Å². The second-order valence-electron chi connectivity index (χ2n) is 4.40. The molecule has 0 spiro atoms. The summed E-state index contributed by atoms with van der Waals surface area (Å²) in [5.41, 5.74) is 3.07. The van der Waals surface area contributed by atoms with Crippen molar-refractivity contribution in [2.24, 2.45) is 5.10 Å². The zero-order valence-corrected chi connectivity index (χ0v) is 11.8. The Morgan fingerprint density at radius 3 is 2.21 bits per heavy atom. The van der Waals surface area contributed by atoms with Crippen LogP contribution < -0.4 is 5.43 Å². The Kier molecular flexibility index (Phi) is 5.60. The second kappa shape index (κ2) is 7.20. The monoisotopic (exact) mass is 260 g/mol. The molecule has 1 aromatic carbocycles. The Morgan fingerprint density at radius 2 is 1.68 bits per heavy atom. The first kappa shape index (κ1) is 14.8. The Hall–Kier alpha value is -2.30. The first-order chi connectivity index (χ1) is 9.02. The minimum absolute atomic E-state index is 0.221. The van der Waals surface area contributed by atoms with Crippen molar-refractivity contribution in [1.82, 2.24) is 15.2 Å². The van der Waals surface area contributed by atoms with Crippen LogP contribution in [0.25, 0.3) is 0 Å². The van der Waals surface area contributed by atoms with Crippen LogP contribution in [0.3, 0.4) is 0 Å². The molecule has 0 aliphatic rings. The van der Waals surface area contributed by atoms with Gasteiger partial charge in [-0.2, -0.15) is 5.10 Å². The van der Waals surface area contributed by atoms with Gasteiger partial charge in [0, 0.05) is 33.8 Å². The van der Waals surface area contributed by atoms with Gasteiger partial charge in [0.25, 0.3) is 5.91 Å².